The average molecular weight is 495 g/mol. The summed E-state index contributed by atoms with van der Waals surface area (Å²) in [5.74, 6) is 0.0608. The van der Waals surface area contributed by atoms with E-state index in [-0.39, 0.29) is 5.76 Å². The molecule has 4 aromatic rings. The SMILES string of the molecule is COc1ccc(N(c2ccc(OC)cc2)c2ccc(-c3ccc(/C=C(/C#N)C(=O)O)oc3=O)cc2)cc1. The molecule has 8 heteroatoms. The van der Waals surface area contributed by atoms with E-state index in [9.17, 15) is 9.59 Å². The second-order valence-electron chi connectivity index (χ2n) is 7.79. The van der Waals surface area contributed by atoms with E-state index in [1.54, 1.807) is 32.4 Å². The Morgan fingerprint density at radius 1 is 0.838 bits per heavy atom. The Balaban J connectivity index is 1.70. The van der Waals surface area contributed by atoms with E-state index in [4.69, 9.17) is 24.3 Å². The Bertz CT molecular complexity index is 1480. The summed E-state index contributed by atoms with van der Waals surface area (Å²) >= 11 is 0. The average Bonchev–Trinajstić information content (AvgIpc) is 2.93. The van der Waals surface area contributed by atoms with Gasteiger partial charge in [0.1, 0.15) is 28.9 Å². The molecular weight excluding hydrogens is 472 g/mol. The lowest BCUT2D eigenvalue weighted by atomic mass is 10.1. The van der Waals surface area contributed by atoms with Gasteiger partial charge in [-0.3, -0.25) is 0 Å². The first-order valence-corrected chi connectivity index (χ1v) is 11.1. The van der Waals surface area contributed by atoms with Crippen molar-refractivity contribution in [1.82, 2.24) is 0 Å². The Kier molecular flexibility index (Phi) is 7.36. The van der Waals surface area contributed by atoms with Gasteiger partial charge in [0.25, 0.3) is 0 Å². The van der Waals surface area contributed by atoms with Gasteiger partial charge in [-0.2, -0.15) is 5.26 Å². The molecule has 0 saturated heterocycles. The van der Waals surface area contributed by atoms with Crippen molar-refractivity contribution >= 4 is 29.1 Å². The molecule has 0 aliphatic rings. The third-order valence-corrected chi connectivity index (χ3v) is 5.58. The van der Waals surface area contributed by atoms with E-state index in [2.05, 4.69) is 0 Å². The van der Waals surface area contributed by atoms with Crippen molar-refractivity contribution < 1.29 is 23.8 Å². The molecule has 0 radical (unpaired) electrons. The van der Waals surface area contributed by atoms with Crippen molar-refractivity contribution in [2.75, 3.05) is 19.1 Å². The predicted octanol–water partition coefficient (Wildman–Crippen LogP) is 5.79. The van der Waals surface area contributed by atoms with Crippen LogP contribution >= 0.6 is 0 Å². The van der Waals surface area contributed by atoms with Gasteiger partial charge >= 0.3 is 11.6 Å². The van der Waals surface area contributed by atoms with Crippen LogP contribution in [-0.2, 0) is 4.79 Å². The van der Waals surface area contributed by atoms with Crippen LogP contribution in [-0.4, -0.2) is 25.3 Å². The monoisotopic (exact) mass is 494 g/mol. The fourth-order valence-corrected chi connectivity index (χ4v) is 3.71. The van der Waals surface area contributed by atoms with Crippen LogP contribution in [0.25, 0.3) is 17.2 Å². The largest absolute Gasteiger partial charge is 0.497 e. The first-order chi connectivity index (χ1) is 17.9. The molecule has 4 rings (SSSR count). The Morgan fingerprint density at radius 3 is 1.73 bits per heavy atom. The molecule has 37 heavy (non-hydrogen) atoms. The molecule has 0 aliphatic heterocycles. The van der Waals surface area contributed by atoms with Gasteiger partial charge in [-0.05, 0) is 78.4 Å². The Labute approximate surface area is 212 Å². The Hall–Kier alpha value is -5.29. The van der Waals surface area contributed by atoms with Crippen molar-refractivity contribution in [1.29, 1.82) is 5.26 Å². The van der Waals surface area contributed by atoms with Crippen LogP contribution < -0.4 is 20.0 Å². The van der Waals surface area contributed by atoms with Gasteiger partial charge in [-0.25, -0.2) is 9.59 Å². The summed E-state index contributed by atoms with van der Waals surface area (Å²) in [5.41, 5.74) is 2.41. The van der Waals surface area contributed by atoms with Gasteiger partial charge in [0.05, 0.1) is 19.8 Å². The quantitative estimate of drug-likeness (QED) is 0.242. The second-order valence-corrected chi connectivity index (χ2v) is 7.79. The number of nitrogens with zero attached hydrogens (tertiary/aromatic N) is 2. The van der Waals surface area contributed by atoms with Crippen molar-refractivity contribution in [3.63, 3.8) is 0 Å². The minimum absolute atomic E-state index is 0.0190. The summed E-state index contributed by atoms with van der Waals surface area (Å²) < 4.78 is 15.8. The summed E-state index contributed by atoms with van der Waals surface area (Å²) in [5, 5.41) is 17.9. The third kappa shape index (κ3) is 5.52. The zero-order chi connectivity index (χ0) is 26.4. The minimum atomic E-state index is -1.40. The molecule has 0 saturated carbocycles. The van der Waals surface area contributed by atoms with Crippen molar-refractivity contribution in [2.45, 2.75) is 0 Å². The lowest BCUT2D eigenvalue weighted by Crippen LogP contribution is -2.10. The second kappa shape index (κ2) is 11.0. The fourth-order valence-electron chi connectivity index (χ4n) is 3.71. The van der Waals surface area contributed by atoms with Crippen LogP contribution in [0.1, 0.15) is 5.76 Å². The van der Waals surface area contributed by atoms with Crippen molar-refractivity contribution in [3.05, 3.63) is 107 Å². The molecule has 1 N–H and O–H groups in total. The first-order valence-electron chi connectivity index (χ1n) is 11.1. The van der Waals surface area contributed by atoms with Crippen LogP contribution in [0.3, 0.4) is 0 Å². The van der Waals surface area contributed by atoms with Crippen molar-refractivity contribution in [2.24, 2.45) is 0 Å². The zero-order valence-electron chi connectivity index (χ0n) is 20.0. The van der Waals surface area contributed by atoms with E-state index in [0.717, 1.165) is 34.6 Å². The maximum atomic E-state index is 12.6. The molecule has 0 amide bonds. The fraction of sp³-hybridized carbons (Fsp3) is 0.0690. The number of aliphatic carboxylic acids is 1. The number of rotatable bonds is 8. The predicted molar refractivity (Wildman–Crippen MR) is 139 cm³/mol. The number of hydrogen-bond donors (Lipinski definition) is 1. The molecule has 1 heterocycles. The van der Waals surface area contributed by atoms with Gasteiger partial charge < -0.3 is 23.9 Å². The molecule has 8 nitrogen and oxygen atoms in total. The number of carboxylic acids is 1. The number of carboxylic acid groups (broad SMARTS) is 1. The maximum Gasteiger partial charge on any atom is 0.346 e. The number of hydrogen-bond acceptors (Lipinski definition) is 7. The van der Waals surface area contributed by atoms with Crippen LogP contribution in [0.4, 0.5) is 17.1 Å². The molecule has 3 aromatic carbocycles. The van der Waals surface area contributed by atoms with Gasteiger partial charge in [-0.15, -0.1) is 0 Å². The van der Waals surface area contributed by atoms with Gasteiger partial charge in [-0.1, -0.05) is 12.1 Å². The zero-order valence-corrected chi connectivity index (χ0v) is 20.0. The highest BCUT2D eigenvalue weighted by molar-refractivity contribution is 5.96. The minimum Gasteiger partial charge on any atom is -0.497 e. The van der Waals surface area contributed by atoms with Crippen LogP contribution in [0.5, 0.6) is 11.5 Å². The summed E-state index contributed by atoms with van der Waals surface area (Å²) in [4.78, 5) is 25.7. The lowest BCUT2D eigenvalue weighted by molar-refractivity contribution is -0.132. The Morgan fingerprint density at radius 2 is 1.32 bits per heavy atom. The highest BCUT2D eigenvalue weighted by atomic mass is 16.5. The summed E-state index contributed by atoms with van der Waals surface area (Å²) in [6, 6.07) is 27.2. The van der Waals surface area contributed by atoms with Gasteiger partial charge in [0, 0.05) is 23.1 Å². The molecule has 0 unspecified atom stereocenters. The van der Waals surface area contributed by atoms with Crippen LogP contribution in [0.15, 0.2) is 99.7 Å². The number of nitriles is 1. The smallest absolute Gasteiger partial charge is 0.346 e. The van der Waals surface area contributed by atoms with E-state index >= 15 is 0 Å². The topological polar surface area (TPSA) is 113 Å². The molecule has 0 spiro atoms. The molecule has 0 bridgehead atoms. The summed E-state index contributed by atoms with van der Waals surface area (Å²) in [6.45, 7) is 0. The molecular formula is C29H22N2O6. The van der Waals surface area contributed by atoms with E-state index in [1.807, 2.05) is 65.6 Å². The summed E-state index contributed by atoms with van der Waals surface area (Å²) in [7, 11) is 3.23. The number of benzene rings is 3. The van der Waals surface area contributed by atoms with Crippen LogP contribution in [0.2, 0.25) is 0 Å². The number of ether oxygens (including phenoxy) is 2. The van der Waals surface area contributed by atoms with Crippen LogP contribution in [0, 0.1) is 11.3 Å². The normalized spacial score (nSPS) is 10.9. The third-order valence-electron chi connectivity index (χ3n) is 5.58. The molecule has 184 valence electrons. The van der Waals surface area contributed by atoms with E-state index < -0.39 is 17.2 Å². The molecule has 0 aliphatic carbocycles. The van der Waals surface area contributed by atoms with Crippen molar-refractivity contribution in [3.8, 4) is 28.7 Å². The number of methoxy groups -OCH3 is 2. The number of anilines is 3. The number of carbonyl (C=O) groups is 1. The lowest BCUT2D eigenvalue weighted by Gasteiger charge is -2.26. The van der Waals surface area contributed by atoms with Gasteiger partial charge in [0.15, 0.2) is 0 Å². The highest BCUT2D eigenvalue weighted by Gasteiger charge is 2.14. The first kappa shape index (κ1) is 24.8. The molecule has 1 aromatic heterocycles. The van der Waals surface area contributed by atoms with E-state index in [1.165, 1.54) is 12.1 Å². The summed E-state index contributed by atoms with van der Waals surface area (Å²) in [6.07, 6.45) is 1.01. The molecule has 0 fully saturated rings. The highest BCUT2D eigenvalue weighted by Crippen LogP contribution is 2.36. The van der Waals surface area contributed by atoms with E-state index in [0.29, 0.717) is 11.1 Å². The maximum absolute atomic E-state index is 12.6. The standard InChI is InChI=1S/C29H22N2O6/c1-35-24-11-7-22(8-12-24)31(23-9-13-25(36-2)14-10-23)21-5-3-19(4-6-21)27-16-15-26(37-29(27)34)17-20(18-30)28(32)33/h3-17H,1-2H3,(H,32,33)/b20-17-. The van der Waals surface area contributed by atoms with Gasteiger partial charge in [0.2, 0.25) is 0 Å². The molecule has 0 atom stereocenters.